The normalized spacial score (nSPS) is 10.0. The fourth-order valence-electron chi connectivity index (χ4n) is 2.08. The van der Waals surface area contributed by atoms with E-state index in [4.69, 9.17) is 10.00 Å². The van der Waals surface area contributed by atoms with Crippen LogP contribution >= 0.6 is 0 Å². The summed E-state index contributed by atoms with van der Waals surface area (Å²) in [4.78, 5) is 35.6. The van der Waals surface area contributed by atoms with E-state index in [9.17, 15) is 14.4 Å². The Morgan fingerprint density at radius 3 is 2.19 bits per heavy atom. The third-order valence-corrected chi connectivity index (χ3v) is 3.64. The van der Waals surface area contributed by atoms with E-state index >= 15 is 0 Å². The number of hydrogen-bond acceptors (Lipinski definition) is 6. The summed E-state index contributed by atoms with van der Waals surface area (Å²) in [5.74, 6) is -1.65. The van der Waals surface area contributed by atoms with E-state index in [2.05, 4.69) is 10.1 Å². The second-order valence-electron chi connectivity index (χ2n) is 5.93. The van der Waals surface area contributed by atoms with E-state index in [0.29, 0.717) is 5.69 Å². The molecular weight excluding hydrogens is 348 g/mol. The molecule has 0 atom stereocenters. The van der Waals surface area contributed by atoms with Gasteiger partial charge in [-0.15, -0.1) is 0 Å². The van der Waals surface area contributed by atoms with Crippen molar-refractivity contribution in [3.05, 3.63) is 59.2 Å². The first-order valence-electron chi connectivity index (χ1n) is 8.11. The van der Waals surface area contributed by atoms with Gasteiger partial charge in [-0.3, -0.25) is 4.79 Å². The van der Waals surface area contributed by atoms with Crippen molar-refractivity contribution in [1.29, 1.82) is 5.26 Å². The largest absolute Gasteiger partial charge is 0.465 e. The maximum Gasteiger partial charge on any atom is 0.343 e. The topological polar surface area (TPSA) is 105 Å². The molecule has 0 spiro atoms. The number of carbonyl (C=O) groups is 3. The molecule has 0 aromatic heterocycles. The van der Waals surface area contributed by atoms with E-state index in [0.717, 1.165) is 0 Å². The van der Waals surface area contributed by atoms with Crippen LogP contribution in [0.1, 0.15) is 40.1 Å². The highest BCUT2D eigenvalue weighted by Gasteiger charge is 2.16. The van der Waals surface area contributed by atoms with Crippen LogP contribution in [-0.2, 0) is 9.53 Å². The summed E-state index contributed by atoms with van der Waals surface area (Å²) in [6.45, 7) is 3.55. The number of anilines is 1. The van der Waals surface area contributed by atoms with Gasteiger partial charge >= 0.3 is 11.9 Å². The SMILES string of the molecule is COC(=O)c1ccc(C#N)c(OC(=O)c2ccc(NC(=O)C(C)C)cc2)c1. The summed E-state index contributed by atoms with van der Waals surface area (Å²) in [7, 11) is 1.23. The van der Waals surface area contributed by atoms with Gasteiger partial charge in [0.25, 0.3) is 0 Å². The van der Waals surface area contributed by atoms with Gasteiger partial charge < -0.3 is 14.8 Å². The van der Waals surface area contributed by atoms with Gasteiger partial charge in [-0.25, -0.2) is 9.59 Å². The molecule has 7 nitrogen and oxygen atoms in total. The van der Waals surface area contributed by atoms with Gasteiger partial charge in [-0.1, -0.05) is 13.8 Å². The van der Waals surface area contributed by atoms with Crippen molar-refractivity contribution in [3.8, 4) is 11.8 Å². The molecular formula is C20H18N2O5. The third kappa shape index (κ3) is 4.92. The van der Waals surface area contributed by atoms with Crippen LogP contribution in [-0.4, -0.2) is 25.0 Å². The quantitative estimate of drug-likeness (QED) is 0.644. The first-order valence-corrected chi connectivity index (χ1v) is 8.11. The predicted octanol–water partition coefficient (Wildman–Crippen LogP) is 3.16. The number of methoxy groups -OCH3 is 1. The molecule has 0 fully saturated rings. The molecule has 1 N–H and O–H groups in total. The molecule has 0 saturated heterocycles. The number of rotatable bonds is 5. The number of hydrogen-bond donors (Lipinski definition) is 1. The van der Waals surface area contributed by atoms with E-state index < -0.39 is 11.9 Å². The molecule has 0 heterocycles. The van der Waals surface area contributed by atoms with Gasteiger partial charge in [0.2, 0.25) is 5.91 Å². The molecule has 0 bridgehead atoms. The van der Waals surface area contributed by atoms with Crippen LogP contribution in [0.4, 0.5) is 5.69 Å². The van der Waals surface area contributed by atoms with Gasteiger partial charge in [0.05, 0.1) is 23.8 Å². The predicted molar refractivity (Wildman–Crippen MR) is 97.4 cm³/mol. The van der Waals surface area contributed by atoms with Crippen molar-refractivity contribution < 1.29 is 23.9 Å². The summed E-state index contributed by atoms with van der Waals surface area (Å²) in [6.07, 6.45) is 0. The Morgan fingerprint density at radius 1 is 1.00 bits per heavy atom. The first kappa shape index (κ1) is 19.7. The smallest absolute Gasteiger partial charge is 0.343 e. The monoisotopic (exact) mass is 366 g/mol. The standard InChI is InChI=1S/C20H18N2O5/c1-12(2)18(23)22-16-8-6-13(7-9-16)20(25)27-17-10-14(19(24)26-3)4-5-15(17)11-21/h4-10,12H,1-3H3,(H,22,23). The Morgan fingerprint density at radius 2 is 1.63 bits per heavy atom. The van der Waals surface area contributed by atoms with Gasteiger partial charge in [-0.2, -0.15) is 5.26 Å². The highest BCUT2D eigenvalue weighted by molar-refractivity contribution is 5.95. The highest BCUT2D eigenvalue weighted by Crippen LogP contribution is 2.22. The van der Waals surface area contributed by atoms with E-state index in [1.54, 1.807) is 26.0 Å². The molecule has 138 valence electrons. The van der Waals surface area contributed by atoms with Crippen LogP contribution in [0.5, 0.6) is 5.75 Å². The Balaban J connectivity index is 2.18. The van der Waals surface area contributed by atoms with Crippen LogP contribution in [0, 0.1) is 17.2 Å². The Kier molecular flexibility index (Phi) is 6.28. The maximum atomic E-state index is 12.3. The minimum absolute atomic E-state index is 0.0393. The number of amides is 1. The Bertz CT molecular complexity index is 911. The molecule has 0 saturated carbocycles. The fourth-order valence-corrected chi connectivity index (χ4v) is 2.08. The summed E-state index contributed by atoms with van der Waals surface area (Å²) in [5.41, 5.74) is 1.04. The fraction of sp³-hybridized carbons (Fsp3) is 0.200. The van der Waals surface area contributed by atoms with Crippen LogP contribution in [0.3, 0.4) is 0 Å². The summed E-state index contributed by atoms with van der Waals surface area (Å²) in [5, 5.41) is 11.9. The van der Waals surface area contributed by atoms with Crippen LogP contribution in [0.15, 0.2) is 42.5 Å². The number of nitriles is 1. The summed E-state index contributed by atoms with van der Waals surface area (Å²) in [6, 6.07) is 12.1. The molecule has 2 rings (SSSR count). The molecule has 2 aromatic carbocycles. The number of nitrogens with zero attached hydrogens (tertiary/aromatic N) is 1. The van der Waals surface area contributed by atoms with Crippen LogP contribution in [0.2, 0.25) is 0 Å². The van der Waals surface area contributed by atoms with Crippen molar-refractivity contribution in [2.24, 2.45) is 5.92 Å². The molecule has 0 unspecified atom stereocenters. The number of carbonyl (C=O) groups excluding carboxylic acids is 3. The molecule has 2 aromatic rings. The minimum atomic E-state index is -0.699. The Labute approximate surface area is 156 Å². The van der Waals surface area contributed by atoms with Gasteiger partial charge in [0.1, 0.15) is 11.8 Å². The average molecular weight is 366 g/mol. The lowest BCUT2D eigenvalue weighted by atomic mass is 10.1. The Hall–Kier alpha value is -3.66. The highest BCUT2D eigenvalue weighted by atomic mass is 16.5. The minimum Gasteiger partial charge on any atom is -0.465 e. The summed E-state index contributed by atoms with van der Waals surface area (Å²) >= 11 is 0. The number of nitrogens with one attached hydrogen (secondary N) is 1. The summed E-state index contributed by atoms with van der Waals surface area (Å²) < 4.78 is 9.88. The van der Waals surface area contributed by atoms with E-state index in [-0.39, 0.29) is 34.3 Å². The van der Waals surface area contributed by atoms with Crippen molar-refractivity contribution in [2.45, 2.75) is 13.8 Å². The zero-order chi connectivity index (χ0) is 20.0. The second kappa shape index (κ2) is 8.63. The molecule has 7 heteroatoms. The lowest BCUT2D eigenvalue weighted by Gasteiger charge is -2.10. The van der Waals surface area contributed by atoms with E-state index in [1.807, 2.05) is 6.07 Å². The zero-order valence-corrected chi connectivity index (χ0v) is 15.1. The number of esters is 2. The third-order valence-electron chi connectivity index (χ3n) is 3.64. The molecule has 0 aliphatic heterocycles. The van der Waals surface area contributed by atoms with Gasteiger partial charge in [0, 0.05) is 11.6 Å². The molecule has 1 amide bonds. The van der Waals surface area contributed by atoms with Crippen molar-refractivity contribution in [3.63, 3.8) is 0 Å². The van der Waals surface area contributed by atoms with Gasteiger partial charge in [0.15, 0.2) is 0 Å². The number of benzene rings is 2. The van der Waals surface area contributed by atoms with Gasteiger partial charge in [-0.05, 0) is 42.5 Å². The van der Waals surface area contributed by atoms with Crippen molar-refractivity contribution in [1.82, 2.24) is 0 Å². The van der Waals surface area contributed by atoms with Crippen molar-refractivity contribution in [2.75, 3.05) is 12.4 Å². The van der Waals surface area contributed by atoms with Crippen LogP contribution < -0.4 is 10.1 Å². The van der Waals surface area contributed by atoms with Crippen molar-refractivity contribution >= 4 is 23.5 Å². The molecule has 0 aliphatic carbocycles. The average Bonchev–Trinajstić information content (AvgIpc) is 2.67. The lowest BCUT2D eigenvalue weighted by molar-refractivity contribution is -0.118. The zero-order valence-electron chi connectivity index (χ0n) is 15.1. The first-order chi connectivity index (χ1) is 12.8. The maximum absolute atomic E-state index is 12.3. The second-order valence-corrected chi connectivity index (χ2v) is 5.93. The lowest BCUT2D eigenvalue weighted by Crippen LogP contribution is -2.17. The molecule has 27 heavy (non-hydrogen) atoms. The molecule has 0 aliphatic rings. The molecule has 0 radical (unpaired) electrons. The van der Waals surface area contributed by atoms with Crippen LogP contribution in [0.25, 0.3) is 0 Å². The number of ether oxygens (including phenoxy) is 2. The van der Waals surface area contributed by atoms with E-state index in [1.165, 1.54) is 37.4 Å².